The highest BCUT2D eigenvalue weighted by molar-refractivity contribution is 5.88. The predicted molar refractivity (Wildman–Crippen MR) is 101 cm³/mol. The number of ether oxygens (including phenoxy) is 2. The van der Waals surface area contributed by atoms with E-state index in [-0.39, 0.29) is 0 Å². The fourth-order valence-corrected chi connectivity index (χ4v) is 3.51. The van der Waals surface area contributed by atoms with Gasteiger partial charge in [-0.05, 0) is 65.2 Å². The van der Waals surface area contributed by atoms with Crippen LogP contribution in [0.3, 0.4) is 0 Å². The third kappa shape index (κ3) is 5.24. The summed E-state index contributed by atoms with van der Waals surface area (Å²) < 4.78 is 11.5. The molecule has 0 aromatic carbocycles. The molecule has 0 N–H and O–H groups in total. The fraction of sp³-hybridized carbons (Fsp3) is 0.636. The summed E-state index contributed by atoms with van der Waals surface area (Å²) in [6.45, 7) is 10.6. The van der Waals surface area contributed by atoms with Gasteiger partial charge in [0.05, 0.1) is 0 Å². The van der Waals surface area contributed by atoms with Crippen LogP contribution in [0.4, 0.5) is 0 Å². The van der Waals surface area contributed by atoms with Gasteiger partial charge in [0.15, 0.2) is 11.2 Å². The molecular weight excluding hydrogens is 328 g/mol. The first-order valence-corrected chi connectivity index (χ1v) is 9.60. The molecule has 4 heteroatoms. The summed E-state index contributed by atoms with van der Waals surface area (Å²) in [4.78, 5) is 24.3. The van der Waals surface area contributed by atoms with Crippen molar-refractivity contribution in [2.45, 2.75) is 89.3 Å². The van der Waals surface area contributed by atoms with Gasteiger partial charge in [0.25, 0.3) is 0 Å². The average Bonchev–Trinajstić information content (AvgIpc) is 2.61. The van der Waals surface area contributed by atoms with Gasteiger partial charge in [0.1, 0.15) is 0 Å². The molecule has 0 spiro atoms. The summed E-state index contributed by atoms with van der Waals surface area (Å²) in [6, 6.07) is 0. The minimum atomic E-state index is -0.797. The minimum absolute atomic E-state index is 0.373. The molecule has 0 aliphatic heterocycles. The van der Waals surface area contributed by atoms with Crippen molar-refractivity contribution in [3.63, 3.8) is 0 Å². The van der Waals surface area contributed by atoms with Crippen LogP contribution < -0.4 is 0 Å². The van der Waals surface area contributed by atoms with Crippen LogP contribution >= 0.6 is 0 Å². The van der Waals surface area contributed by atoms with E-state index in [1.165, 1.54) is 0 Å². The molecule has 0 amide bonds. The molecule has 0 bridgehead atoms. The number of carbonyl (C=O) groups is 2. The molecular formula is C22H30O4. The molecule has 2 rings (SSSR count). The van der Waals surface area contributed by atoms with Crippen LogP contribution in [0.5, 0.6) is 0 Å². The maximum absolute atomic E-state index is 12.1. The van der Waals surface area contributed by atoms with Crippen LogP contribution in [0.25, 0.3) is 0 Å². The van der Waals surface area contributed by atoms with Crippen LogP contribution in [0.15, 0.2) is 24.3 Å². The summed E-state index contributed by atoms with van der Waals surface area (Å²) in [6.07, 6.45) is 8.95. The van der Waals surface area contributed by atoms with E-state index in [0.29, 0.717) is 36.8 Å². The zero-order valence-corrected chi connectivity index (χ0v) is 16.1. The topological polar surface area (TPSA) is 52.6 Å². The quantitative estimate of drug-likeness (QED) is 0.417. The lowest BCUT2D eigenvalue weighted by molar-refractivity contribution is -0.153. The van der Waals surface area contributed by atoms with Crippen molar-refractivity contribution in [3.8, 4) is 11.8 Å². The highest BCUT2D eigenvalue weighted by atomic mass is 16.6. The Morgan fingerprint density at radius 3 is 1.27 bits per heavy atom. The van der Waals surface area contributed by atoms with Crippen molar-refractivity contribution in [2.75, 3.05) is 0 Å². The molecule has 0 aromatic rings. The number of hydrogen-bond donors (Lipinski definition) is 0. The molecule has 0 heterocycles. The second-order valence-corrected chi connectivity index (χ2v) is 7.70. The van der Waals surface area contributed by atoms with Crippen LogP contribution in [-0.2, 0) is 19.1 Å². The first-order chi connectivity index (χ1) is 12.3. The highest BCUT2D eigenvalue weighted by Crippen LogP contribution is 2.35. The Morgan fingerprint density at radius 2 is 1.00 bits per heavy atom. The molecule has 0 radical (unpaired) electrons. The van der Waals surface area contributed by atoms with Crippen molar-refractivity contribution in [2.24, 2.45) is 0 Å². The van der Waals surface area contributed by atoms with E-state index in [4.69, 9.17) is 9.47 Å². The Labute approximate surface area is 157 Å². The van der Waals surface area contributed by atoms with Gasteiger partial charge in [-0.2, -0.15) is 0 Å². The number of hydrogen-bond acceptors (Lipinski definition) is 4. The molecule has 142 valence electrons. The van der Waals surface area contributed by atoms with E-state index in [1.54, 1.807) is 13.8 Å². The number of rotatable bonds is 4. The summed E-state index contributed by atoms with van der Waals surface area (Å²) in [7, 11) is 0. The molecule has 0 saturated heterocycles. The Morgan fingerprint density at radius 1 is 0.692 bits per heavy atom. The van der Waals surface area contributed by atoms with Gasteiger partial charge in [-0.15, -0.1) is 0 Å². The van der Waals surface area contributed by atoms with Crippen LogP contribution in [0.2, 0.25) is 0 Å². The highest BCUT2D eigenvalue weighted by Gasteiger charge is 2.38. The average molecular weight is 358 g/mol. The third-order valence-corrected chi connectivity index (χ3v) is 5.11. The standard InChI is InChI=1S/C22H30O4/c1-17(2)19(23)25-21(11-7-5-8-12-21)15-16-22(13-9-6-10-14-22)26-20(24)18(3)4/h1,3,5-14H2,2,4H3. The molecule has 0 aromatic heterocycles. The van der Waals surface area contributed by atoms with Crippen LogP contribution in [0.1, 0.15) is 78.1 Å². The van der Waals surface area contributed by atoms with E-state index >= 15 is 0 Å². The zero-order valence-electron chi connectivity index (χ0n) is 16.1. The Hall–Kier alpha value is -2.02. The van der Waals surface area contributed by atoms with E-state index in [2.05, 4.69) is 25.0 Å². The second-order valence-electron chi connectivity index (χ2n) is 7.70. The summed E-state index contributed by atoms with van der Waals surface area (Å²) >= 11 is 0. The smallest absolute Gasteiger partial charge is 0.334 e. The Bertz CT molecular complexity index is 581. The summed E-state index contributed by atoms with van der Waals surface area (Å²) in [5, 5.41) is 0. The van der Waals surface area contributed by atoms with Crippen molar-refractivity contribution in [1.29, 1.82) is 0 Å². The molecule has 2 aliphatic carbocycles. The lowest BCUT2D eigenvalue weighted by atomic mass is 9.81. The maximum Gasteiger partial charge on any atom is 0.334 e. The van der Waals surface area contributed by atoms with E-state index < -0.39 is 23.1 Å². The van der Waals surface area contributed by atoms with E-state index in [9.17, 15) is 9.59 Å². The molecule has 2 saturated carbocycles. The molecule has 0 unspecified atom stereocenters. The molecule has 2 fully saturated rings. The summed E-state index contributed by atoms with van der Waals surface area (Å²) in [5.41, 5.74) is -0.849. The van der Waals surface area contributed by atoms with Gasteiger partial charge < -0.3 is 9.47 Å². The maximum atomic E-state index is 12.1. The van der Waals surface area contributed by atoms with Gasteiger partial charge in [0, 0.05) is 11.1 Å². The summed E-state index contributed by atoms with van der Waals surface area (Å²) in [5.74, 6) is 5.66. The van der Waals surface area contributed by atoms with Gasteiger partial charge in [-0.25, -0.2) is 9.59 Å². The first kappa shape index (κ1) is 20.3. The van der Waals surface area contributed by atoms with Crippen LogP contribution in [-0.4, -0.2) is 23.1 Å². The molecule has 26 heavy (non-hydrogen) atoms. The Kier molecular flexibility index (Phi) is 6.69. The van der Waals surface area contributed by atoms with Gasteiger partial charge in [-0.1, -0.05) is 37.8 Å². The second kappa shape index (κ2) is 8.58. The monoisotopic (exact) mass is 358 g/mol. The lowest BCUT2D eigenvalue weighted by Gasteiger charge is -2.35. The predicted octanol–water partition coefficient (Wildman–Crippen LogP) is 4.63. The third-order valence-electron chi connectivity index (χ3n) is 5.11. The van der Waals surface area contributed by atoms with Gasteiger partial charge in [0.2, 0.25) is 0 Å². The number of esters is 2. The zero-order chi connectivity index (χ0) is 19.2. The largest absolute Gasteiger partial charge is 0.442 e. The normalized spacial score (nSPS) is 20.8. The minimum Gasteiger partial charge on any atom is -0.442 e. The molecule has 4 nitrogen and oxygen atoms in total. The number of carbonyl (C=O) groups excluding carboxylic acids is 2. The fourth-order valence-electron chi connectivity index (χ4n) is 3.51. The SMILES string of the molecule is C=C(C)C(=O)OC1(C#CC2(OC(=O)C(=C)C)CCCCC2)CCCCC1. The van der Waals surface area contributed by atoms with E-state index in [1.807, 2.05) is 0 Å². The van der Waals surface area contributed by atoms with Crippen molar-refractivity contribution in [3.05, 3.63) is 24.3 Å². The molecule has 0 atom stereocenters. The lowest BCUT2D eigenvalue weighted by Crippen LogP contribution is -2.39. The van der Waals surface area contributed by atoms with Gasteiger partial charge >= 0.3 is 11.9 Å². The van der Waals surface area contributed by atoms with Crippen molar-refractivity contribution in [1.82, 2.24) is 0 Å². The van der Waals surface area contributed by atoms with Crippen LogP contribution in [0, 0.1) is 11.8 Å². The first-order valence-electron chi connectivity index (χ1n) is 9.60. The Balaban J connectivity index is 2.29. The molecule has 2 aliphatic rings. The van der Waals surface area contributed by atoms with Gasteiger partial charge in [-0.3, -0.25) is 0 Å². The van der Waals surface area contributed by atoms with Crippen molar-refractivity contribution >= 4 is 11.9 Å². The van der Waals surface area contributed by atoms with E-state index in [0.717, 1.165) is 38.5 Å². The van der Waals surface area contributed by atoms with Crippen molar-refractivity contribution < 1.29 is 19.1 Å².